The molecule has 156 valence electrons. The molecule has 1 aliphatic rings. The van der Waals surface area contributed by atoms with Crippen LogP contribution in [-0.4, -0.2) is 29.1 Å². The number of benzene rings is 1. The van der Waals surface area contributed by atoms with Gasteiger partial charge in [-0.3, -0.25) is 9.78 Å². The van der Waals surface area contributed by atoms with Crippen LogP contribution in [0.25, 0.3) is 4.85 Å². The Labute approximate surface area is 169 Å². The lowest BCUT2D eigenvalue weighted by Crippen LogP contribution is -2.46. The summed E-state index contributed by atoms with van der Waals surface area (Å²) in [5.74, 6) is -1.16. The highest BCUT2D eigenvalue weighted by molar-refractivity contribution is 5.96. The molecule has 0 amide bonds. The van der Waals surface area contributed by atoms with Crippen LogP contribution >= 0.6 is 0 Å². The van der Waals surface area contributed by atoms with Crippen molar-refractivity contribution in [3.8, 4) is 0 Å². The van der Waals surface area contributed by atoms with Crippen molar-refractivity contribution in [2.45, 2.75) is 37.6 Å². The van der Waals surface area contributed by atoms with Crippen molar-refractivity contribution in [3.63, 3.8) is 0 Å². The van der Waals surface area contributed by atoms with Crippen molar-refractivity contribution in [3.05, 3.63) is 70.6 Å². The highest BCUT2D eigenvalue weighted by Crippen LogP contribution is 2.41. The molecule has 0 bridgehead atoms. The van der Waals surface area contributed by atoms with Gasteiger partial charge in [0.15, 0.2) is 11.9 Å². The number of halogens is 4. The Kier molecular flexibility index (Phi) is 5.48. The number of amidine groups is 1. The van der Waals surface area contributed by atoms with Crippen molar-refractivity contribution in [2.75, 3.05) is 0 Å². The molecule has 2 heterocycles. The Hall–Kier alpha value is -3.48. The number of Topliss-reactive ketones (excluding diaryl/α,β-unsaturated/α-hetero) is 1. The Morgan fingerprint density at radius 3 is 2.70 bits per heavy atom. The number of nitrogens with zero attached hydrogens (tertiary/aromatic N) is 3. The zero-order valence-corrected chi connectivity index (χ0v) is 15.7. The second kappa shape index (κ2) is 7.74. The molecule has 0 spiro atoms. The number of pyridine rings is 1. The maximum absolute atomic E-state index is 14.5. The molecule has 1 aromatic heterocycles. The number of alkyl halides is 3. The molecule has 6 nitrogen and oxygen atoms in total. The van der Waals surface area contributed by atoms with Crippen LogP contribution in [0.2, 0.25) is 0 Å². The third-order valence-corrected chi connectivity index (χ3v) is 4.71. The topological polar surface area (TPSA) is 81.9 Å². The van der Waals surface area contributed by atoms with E-state index in [-0.39, 0.29) is 23.4 Å². The maximum atomic E-state index is 14.5. The van der Waals surface area contributed by atoms with Gasteiger partial charge in [-0.15, -0.1) is 0 Å². The van der Waals surface area contributed by atoms with E-state index in [0.29, 0.717) is 5.56 Å². The fourth-order valence-electron chi connectivity index (χ4n) is 3.20. The van der Waals surface area contributed by atoms with Crippen LogP contribution in [-0.2, 0) is 16.7 Å². The first-order valence-corrected chi connectivity index (χ1v) is 8.76. The van der Waals surface area contributed by atoms with Gasteiger partial charge in [-0.25, -0.2) is 14.2 Å². The lowest BCUT2D eigenvalue weighted by atomic mass is 9.84. The molecule has 0 fully saturated rings. The zero-order chi connectivity index (χ0) is 22.1. The molecule has 30 heavy (non-hydrogen) atoms. The molecule has 0 unspecified atom stereocenters. The van der Waals surface area contributed by atoms with Crippen LogP contribution in [0.4, 0.5) is 23.2 Å². The number of aliphatic imine (C=N–C) groups is 1. The first-order valence-electron chi connectivity index (χ1n) is 8.76. The van der Waals surface area contributed by atoms with Gasteiger partial charge in [-0.2, -0.15) is 13.2 Å². The van der Waals surface area contributed by atoms with Gasteiger partial charge in [-0.1, -0.05) is 12.1 Å². The summed E-state index contributed by atoms with van der Waals surface area (Å²) in [6.45, 7) is 8.22. The number of ketones is 1. The number of rotatable bonds is 4. The van der Waals surface area contributed by atoms with E-state index in [1.165, 1.54) is 37.4 Å². The average molecular weight is 420 g/mol. The average Bonchev–Trinajstić information content (AvgIpc) is 2.68. The van der Waals surface area contributed by atoms with E-state index in [9.17, 15) is 22.4 Å². The van der Waals surface area contributed by atoms with Gasteiger partial charge >= 0.3 is 6.18 Å². The fraction of sp³-hybridized carbons (Fsp3) is 0.300. The van der Waals surface area contributed by atoms with Gasteiger partial charge in [0, 0.05) is 24.6 Å². The van der Waals surface area contributed by atoms with Crippen molar-refractivity contribution >= 4 is 17.5 Å². The molecule has 2 atom stereocenters. The Morgan fingerprint density at radius 2 is 2.10 bits per heavy atom. The number of hydrogen-bond donors (Lipinski definition) is 1. The molecule has 2 aromatic rings. The van der Waals surface area contributed by atoms with E-state index < -0.39 is 41.9 Å². The second-order valence-corrected chi connectivity index (χ2v) is 7.00. The quantitative estimate of drug-likeness (QED) is 0.459. The van der Waals surface area contributed by atoms with Crippen LogP contribution in [0.1, 0.15) is 35.0 Å². The fourth-order valence-corrected chi connectivity index (χ4v) is 3.20. The number of nitrogens with two attached hydrogens (primary N) is 1. The number of carbonyl (C=O) groups excluding carboxylic acids is 1. The summed E-state index contributed by atoms with van der Waals surface area (Å²) in [6, 6.07) is 5.90. The lowest BCUT2D eigenvalue weighted by molar-refractivity contribution is -0.208. The van der Waals surface area contributed by atoms with Gasteiger partial charge in [-0.05, 0) is 30.7 Å². The summed E-state index contributed by atoms with van der Waals surface area (Å²) in [5, 5.41) is 0. The highest BCUT2D eigenvalue weighted by atomic mass is 19.4. The molecule has 1 aromatic carbocycles. The monoisotopic (exact) mass is 420 g/mol. The zero-order valence-electron chi connectivity index (χ0n) is 15.7. The number of carbonyl (C=O) groups is 1. The van der Waals surface area contributed by atoms with Gasteiger partial charge in [0.2, 0.25) is 5.69 Å². The molecule has 0 saturated heterocycles. The largest absolute Gasteiger partial charge is 0.452 e. The van der Waals surface area contributed by atoms with Crippen LogP contribution in [0.5, 0.6) is 0 Å². The van der Waals surface area contributed by atoms with Gasteiger partial charge in [0.05, 0.1) is 12.1 Å². The van der Waals surface area contributed by atoms with E-state index in [1.807, 2.05) is 0 Å². The van der Waals surface area contributed by atoms with E-state index in [2.05, 4.69) is 19.6 Å². The third kappa shape index (κ3) is 4.40. The predicted octanol–water partition coefficient (Wildman–Crippen LogP) is 4.08. The molecule has 3 rings (SSSR count). The second-order valence-electron chi connectivity index (χ2n) is 7.00. The van der Waals surface area contributed by atoms with Crippen molar-refractivity contribution in [1.82, 2.24) is 4.98 Å². The first kappa shape index (κ1) is 21.2. The first-order chi connectivity index (χ1) is 14.0. The number of aromatic nitrogens is 1. The molecule has 2 N–H and O–H groups in total. The van der Waals surface area contributed by atoms with Crippen LogP contribution in [0.3, 0.4) is 0 Å². The molecule has 0 saturated carbocycles. The highest BCUT2D eigenvalue weighted by Gasteiger charge is 2.50. The molecular weight excluding hydrogens is 404 g/mol. The lowest BCUT2D eigenvalue weighted by Gasteiger charge is -2.36. The smallest absolute Gasteiger partial charge is 0.425 e. The Morgan fingerprint density at radius 1 is 1.37 bits per heavy atom. The number of ether oxygens (including phenoxy) is 1. The van der Waals surface area contributed by atoms with Gasteiger partial charge in [0.25, 0.3) is 6.02 Å². The van der Waals surface area contributed by atoms with Crippen LogP contribution in [0.15, 0.2) is 41.5 Å². The van der Waals surface area contributed by atoms with Gasteiger partial charge < -0.3 is 10.5 Å². The third-order valence-electron chi connectivity index (χ3n) is 4.71. The standard InChI is InChI=1S/C20H16F4N4O2/c1-19(9-17(20(22,23)24)30-18(25)28-19)13-7-11(3-5-14(13)21)8-16(29)15-6-4-12(26-2)10-27-15/h3-7,10,17H,8-9H2,1H3,(H2,25,28)/t17-,19+/m1/s1. The van der Waals surface area contributed by atoms with E-state index in [4.69, 9.17) is 12.3 Å². The SMILES string of the molecule is [C-]#[N+]c1ccc(C(=O)Cc2ccc(F)c([C@]3(C)C[C@H](C(F)(F)F)OC(N)=N3)c2)nc1. The summed E-state index contributed by atoms with van der Waals surface area (Å²) < 4.78 is 58.6. The van der Waals surface area contributed by atoms with Crippen molar-refractivity contribution in [2.24, 2.45) is 10.7 Å². The minimum absolute atomic E-state index is 0.116. The molecule has 1 aliphatic heterocycles. The van der Waals surface area contributed by atoms with E-state index in [0.717, 1.165) is 6.07 Å². The van der Waals surface area contributed by atoms with Crippen LogP contribution in [0, 0.1) is 12.4 Å². The normalized spacial score (nSPS) is 21.3. The summed E-state index contributed by atoms with van der Waals surface area (Å²) in [5.41, 5.74) is 4.44. The number of hydrogen-bond acceptors (Lipinski definition) is 5. The predicted molar refractivity (Wildman–Crippen MR) is 99.5 cm³/mol. The summed E-state index contributed by atoms with van der Waals surface area (Å²) in [6.07, 6.45) is -6.49. The molecule has 0 radical (unpaired) electrons. The molecule has 10 heteroatoms. The van der Waals surface area contributed by atoms with Crippen molar-refractivity contribution in [1.29, 1.82) is 0 Å². The maximum Gasteiger partial charge on any atom is 0.425 e. The minimum atomic E-state index is -4.70. The van der Waals surface area contributed by atoms with Crippen LogP contribution < -0.4 is 5.73 Å². The molecule has 0 aliphatic carbocycles. The van der Waals surface area contributed by atoms with Gasteiger partial charge in [0.1, 0.15) is 11.5 Å². The summed E-state index contributed by atoms with van der Waals surface area (Å²) in [7, 11) is 0. The molecular formula is C20H16F4N4O2. The Balaban J connectivity index is 1.90. The minimum Gasteiger partial charge on any atom is -0.452 e. The van der Waals surface area contributed by atoms with Crippen molar-refractivity contribution < 1.29 is 27.1 Å². The summed E-state index contributed by atoms with van der Waals surface area (Å²) >= 11 is 0. The van der Waals surface area contributed by atoms with E-state index in [1.54, 1.807) is 0 Å². The van der Waals surface area contributed by atoms with E-state index >= 15 is 0 Å². The summed E-state index contributed by atoms with van der Waals surface area (Å²) in [4.78, 5) is 23.5. The Bertz CT molecular complexity index is 1040.